The van der Waals surface area contributed by atoms with Crippen LogP contribution >= 0.6 is 11.6 Å². The third-order valence-corrected chi connectivity index (χ3v) is 3.47. The van der Waals surface area contributed by atoms with Crippen molar-refractivity contribution < 1.29 is 0 Å². The number of aromatic nitrogens is 4. The lowest BCUT2D eigenvalue weighted by atomic mass is 10.1. The third-order valence-electron chi connectivity index (χ3n) is 3.10. The van der Waals surface area contributed by atoms with Gasteiger partial charge >= 0.3 is 0 Å². The summed E-state index contributed by atoms with van der Waals surface area (Å²) in [5, 5.41) is 20.5. The lowest BCUT2D eigenvalue weighted by molar-refractivity contribution is 0.933. The monoisotopic (exact) mass is 307 g/mol. The first kappa shape index (κ1) is 16.6. The van der Waals surface area contributed by atoms with Gasteiger partial charge in [0.05, 0.1) is 0 Å². The van der Waals surface area contributed by atoms with Crippen molar-refractivity contribution in [3.05, 3.63) is 53.8 Å². The van der Waals surface area contributed by atoms with Crippen LogP contribution in [-0.2, 0) is 0 Å². The maximum absolute atomic E-state index is 10.9. The number of hydrogen-bond donors (Lipinski definition) is 2. The zero-order chi connectivity index (χ0) is 16.2. The lowest BCUT2D eigenvalue weighted by Crippen LogP contribution is -2.14. The Bertz CT molecular complexity index is 817. The van der Waals surface area contributed by atoms with E-state index in [2.05, 4.69) is 20.4 Å². The molecule has 0 saturated heterocycles. The van der Waals surface area contributed by atoms with Gasteiger partial charge in [0.25, 0.3) is 11.1 Å². The quantitative estimate of drug-likeness (QED) is 0.761. The average Bonchev–Trinajstić information content (AvgIpc) is 2.48. The second-order valence-corrected chi connectivity index (χ2v) is 4.71. The Hall–Kier alpha value is -2.46. The van der Waals surface area contributed by atoms with Crippen LogP contribution in [0, 0.1) is 39.0 Å². The first-order valence-corrected chi connectivity index (χ1v) is 6.34. The molecule has 2 aromatic heterocycles. The van der Waals surface area contributed by atoms with E-state index in [0.29, 0.717) is 21.8 Å². The van der Waals surface area contributed by atoms with Gasteiger partial charge in [0.15, 0.2) is 10.8 Å². The molecule has 0 saturated carbocycles. The fraction of sp³-hybridized carbons (Fsp3) is 0.308. The largest absolute Gasteiger partial charge is 0.268 e. The van der Waals surface area contributed by atoms with Gasteiger partial charge in [-0.1, -0.05) is 11.6 Å². The fourth-order valence-corrected chi connectivity index (χ4v) is 1.51. The van der Waals surface area contributed by atoms with Crippen LogP contribution in [0.1, 0.15) is 27.9 Å². The summed E-state index contributed by atoms with van der Waals surface area (Å²) < 4.78 is 0. The van der Waals surface area contributed by atoms with Gasteiger partial charge in [0.1, 0.15) is 6.07 Å². The summed E-state index contributed by atoms with van der Waals surface area (Å²) in [6, 6.07) is 1.88. The van der Waals surface area contributed by atoms with Gasteiger partial charge in [0.2, 0.25) is 0 Å². The summed E-state index contributed by atoms with van der Waals surface area (Å²) in [7, 11) is 0. The van der Waals surface area contributed by atoms with Crippen molar-refractivity contribution in [3.63, 3.8) is 0 Å². The van der Waals surface area contributed by atoms with Crippen LogP contribution in [0.2, 0.25) is 5.15 Å². The minimum absolute atomic E-state index is 0.179. The summed E-state index contributed by atoms with van der Waals surface area (Å²) in [6.45, 7) is 6.84. The summed E-state index contributed by atoms with van der Waals surface area (Å²) in [4.78, 5) is 21.7. The molecule has 0 aliphatic carbocycles. The second kappa shape index (κ2) is 6.81. The highest BCUT2D eigenvalue weighted by molar-refractivity contribution is 6.30. The van der Waals surface area contributed by atoms with E-state index in [1.54, 1.807) is 27.7 Å². The summed E-state index contributed by atoms with van der Waals surface area (Å²) in [5.41, 5.74) is 2.43. The maximum atomic E-state index is 10.9. The molecule has 2 aromatic rings. The smallest absolute Gasteiger partial charge is 0.267 e. The number of rotatable bonds is 0. The van der Waals surface area contributed by atoms with Crippen LogP contribution < -0.4 is 11.1 Å². The predicted molar refractivity (Wildman–Crippen MR) is 78.4 cm³/mol. The fourth-order valence-electron chi connectivity index (χ4n) is 1.32. The van der Waals surface area contributed by atoms with Crippen molar-refractivity contribution in [1.29, 1.82) is 5.26 Å². The molecule has 0 amide bonds. The average molecular weight is 308 g/mol. The molecule has 2 heterocycles. The van der Waals surface area contributed by atoms with Crippen LogP contribution in [0.25, 0.3) is 0 Å². The number of nitriles is 1. The molecule has 0 bridgehead atoms. The number of H-pyrrole nitrogens is 2. The minimum atomic E-state index is -0.235. The van der Waals surface area contributed by atoms with Crippen LogP contribution in [0.3, 0.4) is 0 Å². The van der Waals surface area contributed by atoms with Gasteiger partial charge < -0.3 is 0 Å². The van der Waals surface area contributed by atoms with Crippen molar-refractivity contribution in [3.8, 4) is 6.07 Å². The van der Waals surface area contributed by atoms with Gasteiger partial charge in [-0.3, -0.25) is 9.59 Å². The molecule has 0 fully saturated rings. The van der Waals surface area contributed by atoms with E-state index in [-0.39, 0.29) is 16.8 Å². The molecule has 8 heteroatoms. The number of hydrogen-bond acceptors (Lipinski definition) is 5. The van der Waals surface area contributed by atoms with Crippen LogP contribution in [0.15, 0.2) is 9.59 Å². The van der Waals surface area contributed by atoms with E-state index < -0.39 is 0 Å². The molecule has 110 valence electrons. The van der Waals surface area contributed by atoms with Crippen molar-refractivity contribution >= 4 is 11.6 Å². The number of halogens is 1. The Morgan fingerprint density at radius 3 is 1.86 bits per heavy atom. The van der Waals surface area contributed by atoms with Gasteiger partial charge in [-0.2, -0.15) is 15.5 Å². The second-order valence-electron chi connectivity index (χ2n) is 4.36. The highest BCUT2D eigenvalue weighted by atomic mass is 35.5. The molecule has 0 aromatic carbocycles. The van der Waals surface area contributed by atoms with Crippen molar-refractivity contribution in [2.24, 2.45) is 0 Å². The van der Waals surface area contributed by atoms with E-state index in [1.807, 2.05) is 6.07 Å². The van der Waals surface area contributed by atoms with E-state index in [0.717, 1.165) is 5.56 Å². The molecule has 0 unspecified atom stereocenters. The summed E-state index contributed by atoms with van der Waals surface area (Å²) in [6.07, 6.45) is 0. The lowest BCUT2D eigenvalue weighted by Gasteiger charge is -1.96. The Morgan fingerprint density at radius 2 is 1.38 bits per heavy atom. The van der Waals surface area contributed by atoms with Crippen molar-refractivity contribution in [2.45, 2.75) is 27.7 Å². The SMILES string of the molecule is Cc1c(C#N)n[nH]c(=O)c1C.Cc1c(Cl)n[nH]c(=O)c1C. The Labute approximate surface area is 125 Å². The van der Waals surface area contributed by atoms with Crippen molar-refractivity contribution in [1.82, 2.24) is 20.4 Å². The molecule has 0 radical (unpaired) electrons. The van der Waals surface area contributed by atoms with E-state index in [4.69, 9.17) is 16.9 Å². The molecule has 2 N–H and O–H groups in total. The molecule has 7 nitrogen and oxygen atoms in total. The Kier molecular flexibility index (Phi) is 5.38. The molecule has 0 aliphatic heterocycles. The van der Waals surface area contributed by atoms with E-state index in [1.165, 1.54) is 0 Å². The van der Waals surface area contributed by atoms with Crippen LogP contribution in [0.4, 0.5) is 0 Å². The van der Waals surface area contributed by atoms with Gasteiger partial charge in [-0.25, -0.2) is 10.2 Å². The van der Waals surface area contributed by atoms with Crippen LogP contribution in [0.5, 0.6) is 0 Å². The summed E-state index contributed by atoms with van der Waals surface area (Å²) >= 11 is 5.60. The Balaban J connectivity index is 0.000000211. The molecule has 0 aliphatic rings. The van der Waals surface area contributed by atoms with Gasteiger partial charge in [0, 0.05) is 11.1 Å². The molecular formula is C13H14ClN5O2. The third kappa shape index (κ3) is 3.77. The van der Waals surface area contributed by atoms with Crippen LogP contribution in [-0.4, -0.2) is 20.4 Å². The zero-order valence-electron chi connectivity index (χ0n) is 12.0. The maximum Gasteiger partial charge on any atom is 0.267 e. The van der Waals surface area contributed by atoms with Gasteiger partial charge in [-0.15, -0.1) is 0 Å². The minimum Gasteiger partial charge on any atom is -0.268 e. The predicted octanol–water partition coefficient (Wildman–Crippen LogP) is 1.30. The Morgan fingerprint density at radius 1 is 0.905 bits per heavy atom. The first-order valence-electron chi connectivity index (χ1n) is 5.97. The van der Waals surface area contributed by atoms with E-state index >= 15 is 0 Å². The highest BCUT2D eigenvalue weighted by Gasteiger charge is 2.04. The number of nitrogens with one attached hydrogen (secondary N) is 2. The molecular weight excluding hydrogens is 294 g/mol. The molecule has 0 atom stereocenters. The number of nitrogens with zero attached hydrogens (tertiary/aromatic N) is 3. The molecule has 21 heavy (non-hydrogen) atoms. The molecule has 2 rings (SSSR count). The number of aromatic amines is 2. The van der Waals surface area contributed by atoms with Gasteiger partial charge in [-0.05, 0) is 38.8 Å². The van der Waals surface area contributed by atoms with Crippen molar-refractivity contribution in [2.75, 3.05) is 0 Å². The van der Waals surface area contributed by atoms with E-state index in [9.17, 15) is 9.59 Å². The zero-order valence-corrected chi connectivity index (χ0v) is 12.8. The summed E-state index contributed by atoms with van der Waals surface area (Å²) in [5.74, 6) is 0. The first-order chi connectivity index (χ1) is 9.79. The highest BCUT2D eigenvalue weighted by Crippen LogP contribution is 2.09. The standard InChI is InChI=1S/C7H7N3O.C6H7ClN2O/c1-4-5(2)7(11)10-9-6(4)3-8;1-3-4(2)6(10)9-8-5(3)7/h1-2H3,(H,10,11);1-2H3,(H,9,10). The normalized spacial score (nSPS) is 9.52. The topological polar surface area (TPSA) is 115 Å². The molecule has 0 spiro atoms.